The first-order chi connectivity index (χ1) is 12.5. The van der Waals surface area contributed by atoms with Crippen molar-refractivity contribution in [1.29, 1.82) is 0 Å². The van der Waals surface area contributed by atoms with E-state index in [9.17, 15) is 14.0 Å². The molecule has 1 aliphatic rings. The second-order valence-corrected chi connectivity index (χ2v) is 5.90. The van der Waals surface area contributed by atoms with Gasteiger partial charge in [0.25, 0.3) is 5.95 Å². The fourth-order valence-corrected chi connectivity index (χ4v) is 2.92. The van der Waals surface area contributed by atoms with Crippen molar-refractivity contribution in [3.8, 4) is 0 Å². The lowest BCUT2D eigenvalue weighted by atomic mass is 10.1. The van der Waals surface area contributed by atoms with E-state index in [1.807, 2.05) is 30.3 Å². The average molecular weight is 359 g/mol. The summed E-state index contributed by atoms with van der Waals surface area (Å²) in [6.07, 6.45) is 1.52. The van der Waals surface area contributed by atoms with Crippen LogP contribution in [-0.4, -0.2) is 34.0 Å². The Morgan fingerprint density at radius 2 is 1.92 bits per heavy atom. The number of ether oxygens (including phenoxy) is 2. The minimum Gasteiger partial charge on any atom is -0.466 e. The molecule has 3 rings (SSSR count). The first-order valence-electron chi connectivity index (χ1n) is 8.21. The van der Waals surface area contributed by atoms with E-state index >= 15 is 0 Å². The quantitative estimate of drug-likeness (QED) is 0.764. The molecule has 0 fully saturated rings. The molecule has 0 bridgehead atoms. The predicted octanol–water partition coefficient (Wildman–Crippen LogP) is 2.79. The zero-order chi connectivity index (χ0) is 18.7. The Labute approximate surface area is 149 Å². The Morgan fingerprint density at radius 3 is 2.62 bits per heavy atom. The maximum absolute atomic E-state index is 14.1. The fraction of sp³-hybridized carbons (Fsp3) is 0.333. The average Bonchev–Trinajstić information content (AvgIpc) is 3.27. The summed E-state index contributed by atoms with van der Waals surface area (Å²) in [5, 5.41) is 7.11. The molecule has 0 radical (unpaired) electrons. The van der Waals surface area contributed by atoms with E-state index in [1.54, 1.807) is 6.92 Å². The molecule has 0 aliphatic heterocycles. The standard InChI is InChI=1S/C18H18FN3O4/c1-11(12-7-4-3-5-8-12)22-15(16(19)20-21-22)18(24)26-14-10-6-9-13(14)17(23)25-2/h3-5,7-8,11H,6,9-10H2,1-2H3/t11-/m1/s1. The summed E-state index contributed by atoms with van der Waals surface area (Å²) in [5.41, 5.74) is 0.753. The van der Waals surface area contributed by atoms with E-state index < -0.39 is 23.9 Å². The van der Waals surface area contributed by atoms with Crippen LogP contribution in [0, 0.1) is 5.95 Å². The van der Waals surface area contributed by atoms with Crippen molar-refractivity contribution in [1.82, 2.24) is 15.0 Å². The van der Waals surface area contributed by atoms with Crippen LogP contribution in [0.2, 0.25) is 0 Å². The molecule has 8 heteroatoms. The Balaban J connectivity index is 1.89. The molecule has 1 aromatic carbocycles. The number of hydrogen-bond donors (Lipinski definition) is 0. The van der Waals surface area contributed by atoms with Gasteiger partial charge in [0, 0.05) is 6.42 Å². The third-order valence-electron chi connectivity index (χ3n) is 4.31. The van der Waals surface area contributed by atoms with Gasteiger partial charge in [-0.3, -0.25) is 0 Å². The van der Waals surface area contributed by atoms with Crippen LogP contribution in [0.3, 0.4) is 0 Å². The molecule has 0 spiro atoms. The number of carbonyl (C=O) groups is 2. The third kappa shape index (κ3) is 3.35. The van der Waals surface area contributed by atoms with Crippen LogP contribution in [0.25, 0.3) is 0 Å². The summed E-state index contributed by atoms with van der Waals surface area (Å²) >= 11 is 0. The summed E-state index contributed by atoms with van der Waals surface area (Å²) < 4.78 is 25.3. The third-order valence-corrected chi connectivity index (χ3v) is 4.31. The number of carbonyl (C=O) groups excluding carboxylic acids is 2. The Kier molecular flexibility index (Phi) is 5.11. The minimum absolute atomic E-state index is 0.210. The molecule has 26 heavy (non-hydrogen) atoms. The molecule has 1 atom stereocenters. The molecule has 0 N–H and O–H groups in total. The lowest BCUT2D eigenvalue weighted by Gasteiger charge is -2.14. The van der Waals surface area contributed by atoms with Gasteiger partial charge < -0.3 is 9.47 Å². The number of aromatic nitrogens is 3. The van der Waals surface area contributed by atoms with Gasteiger partial charge in [0.15, 0.2) is 0 Å². The second-order valence-electron chi connectivity index (χ2n) is 5.90. The van der Waals surface area contributed by atoms with Gasteiger partial charge in [-0.05, 0) is 25.3 Å². The van der Waals surface area contributed by atoms with Gasteiger partial charge in [-0.1, -0.05) is 40.6 Å². The number of allylic oxidation sites excluding steroid dienone is 1. The fourth-order valence-electron chi connectivity index (χ4n) is 2.92. The van der Waals surface area contributed by atoms with E-state index in [0.717, 1.165) is 5.56 Å². The normalized spacial score (nSPS) is 15.0. The molecule has 136 valence electrons. The van der Waals surface area contributed by atoms with Crippen molar-refractivity contribution >= 4 is 11.9 Å². The largest absolute Gasteiger partial charge is 0.466 e. The van der Waals surface area contributed by atoms with Crippen molar-refractivity contribution < 1.29 is 23.5 Å². The Bertz CT molecular complexity index is 861. The lowest BCUT2D eigenvalue weighted by Crippen LogP contribution is -2.19. The highest BCUT2D eigenvalue weighted by Crippen LogP contribution is 2.29. The van der Waals surface area contributed by atoms with Crippen molar-refractivity contribution in [3.05, 3.63) is 58.9 Å². The number of rotatable bonds is 5. The van der Waals surface area contributed by atoms with Crippen LogP contribution < -0.4 is 0 Å². The first kappa shape index (κ1) is 17.8. The topological polar surface area (TPSA) is 83.3 Å². The number of nitrogens with zero attached hydrogens (tertiary/aromatic N) is 3. The van der Waals surface area contributed by atoms with Crippen molar-refractivity contribution in [3.63, 3.8) is 0 Å². The highest BCUT2D eigenvalue weighted by atomic mass is 19.1. The maximum Gasteiger partial charge on any atom is 0.366 e. The molecular formula is C18H18FN3O4. The molecule has 7 nitrogen and oxygen atoms in total. The summed E-state index contributed by atoms with van der Waals surface area (Å²) in [5.74, 6) is -2.29. The van der Waals surface area contributed by atoms with E-state index in [2.05, 4.69) is 15.0 Å². The molecule has 2 aromatic rings. The number of benzene rings is 1. The monoisotopic (exact) mass is 359 g/mol. The maximum atomic E-state index is 14.1. The van der Waals surface area contributed by atoms with E-state index in [0.29, 0.717) is 24.8 Å². The number of hydrogen-bond acceptors (Lipinski definition) is 6. The number of esters is 2. The molecule has 1 aliphatic carbocycles. The summed E-state index contributed by atoms with van der Waals surface area (Å²) in [4.78, 5) is 24.3. The van der Waals surface area contributed by atoms with Gasteiger partial charge in [0.2, 0.25) is 5.69 Å². The van der Waals surface area contributed by atoms with Gasteiger partial charge >= 0.3 is 11.9 Å². The smallest absolute Gasteiger partial charge is 0.366 e. The SMILES string of the molecule is COC(=O)C1=C(OC(=O)c2c(F)nnn2[C@H](C)c2ccccc2)CCC1. The molecular weight excluding hydrogens is 341 g/mol. The minimum atomic E-state index is -1.02. The lowest BCUT2D eigenvalue weighted by molar-refractivity contribution is -0.136. The van der Waals surface area contributed by atoms with Crippen LogP contribution in [0.1, 0.15) is 48.3 Å². The molecule has 0 saturated carbocycles. The van der Waals surface area contributed by atoms with Gasteiger partial charge in [-0.15, -0.1) is 0 Å². The van der Waals surface area contributed by atoms with E-state index in [1.165, 1.54) is 11.8 Å². The number of halogens is 1. The second kappa shape index (κ2) is 7.47. The summed E-state index contributed by atoms with van der Waals surface area (Å²) in [7, 11) is 1.26. The zero-order valence-corrected chi connectivity index (χ0v) is 14.4. The van der Waals surface area contributed by atoms with Crippen LogP contribution in [0.5, 0.6) is 0 Å². The summed E-state index contributed by atoms with van der Waals surface area (Å²) in [6, 6.07) is 8.79. The van der Waals surface area contributed by atoms with Crippen LogP contribution >= 0.6 is 0 Å². The van der Waals surface area contributed by atoms with Gasteiger partial charge in [0.1, 0.15) is 5.76 Å². The van der Waals surface area contributed by atoms with Crippen LogP contribution in [0.4, 0.5) is 4.39 Å². The van der Waals surface area contributed by atoms with Crippen LogP contribution in [-0.2, 0) is 14.3 Å². The van der Waals surface area contributed by atoms with Crippen LogP contribution in [0.15, 0.2) is 41.7 Å². The predicted molar refractivity (Wildman–Crippen MR) is 88.5 cm³/mol. The van der Waals surface area contributed by atoms with Gasteiger partial charge in [0.05, 0.1) is 18.7 Å². The highest BCUT2D eigenvalue weighted by molar-refractivity contribution is 5.92. The van der Waals surface area contributed by atoms with E-state index in [-0.39, 0.29) is 11.5 Å². The number of methoxy groups -OCH3 is 1. The Hall–Kier alpha value is -3.03. The molecule has 1 heterocycles. The van der Waals surface area contributed by atoms with Crippen molar-refractivity contribution in [2.75, 3.05) is 7.11 Å². The Morgan fingerprint density at radius 1 is 1.19 bits per heavy atom. The summed E-state index contributed by atoms with van der Waals surface area (Å²) in [6.45, 7) is 1.77. The molecule has 1 aromatic heterocycles. The zero-order valence-electron chi connectivity index (χ0n) is 14.4. The molecule has 0 saturated heterocycles. The molecule has 0 amide bonds. The molecule has 0 unspecified atom stereocenters. The van der Waals surface area contributed by atoms with E-state index in [4.69, 9.17) is 4.74 Å². The van der Waals surface area contributed by atoms with Gasteiger partial charge in [-0.25, -0.2) is 14.3 Å². The van der Waals surface area contributed by atoms with Gasteiger partial charge in [-0.2, -0.15) is 4.39 Å². The van der Waals surface area contributed by atoms with Crippen molar-refractivity contribution in [2.45, 2.75) is 32.2 Å². The van der Waals surface area contributed by atoms with Crippen molar-refractivity contribution in [2.24, 2.45) is 0 Å². The first-order valence-corrected chi connectivity index (χ1v) is 8.21. The highest BCUT2D eigenvalue weighted by Gasteiger charge is 2.30.